The van der Waals surface area contributed by atoms with Crippen LogP contribution in [0.25, 0.3) is 0 Å². The number of carbonyl (C=O) groups excluding carboxylic acids is 2. The van der Waals surface area contributed by atoms with Crippen molar-refractivity contribution in [2.75, 3.05) is 18.9 Å². The van der Waals surface area contributed by atoms with Crippen LogP contribution in [0.5, 0.6) is 5.75 Å². The number of ketones is 1. The third-order valence-electron chi connectivity index (χ3n) is 4.86. The van der Waals surface area contributed by atoms with E-state index in [0.717, 1.165) is 11.3 Å². The molecule has 1 amide bonds. The van der Waals surface area contributed by atoms with E-state index in [9.17, 15) is 18.0 Å². The highest BCUT2D eigenvalue weighted by Crippen LogP contribution is 2.31. The number of nitrogen functional groups attached to an aromatic ring is 2. The molecular weight excluding hydrogens is 504 g/mol. The predicted molar refractivity (Wildman–Crippen MR) is 124 cm³/mol. The van der Waals surface area contributed by atoms with Gasteiger partial charge in [-0.3, -0.25) is 19.6 Å². The van der Waals surface area contributed by atoms with Crippen LogP contribution in [0.3, 0.4) is 0 Å². The van der Waals surface area contributed by atoms with E-state index >= 15 is 0 Å². The van der Waals surface area contributed by atoms with Crippen molar-refractivity contribution in [1.82, 2.24) is 10.0 Å². The molecule has 1 aliphatic heterocycles. The summed E-state index contributed by atoms with van der Waals surface area (Å²) in [6.07, 6.45) is -0.329. The number of nitrogens with two attached hydrogens (primary N) is 2. The number of thiazole rings is 1. The van der Waals surface area contributed by atoms with Crippen LogP contribution in [0.15, 0.2) is 34.8 Å². The summed E-state index contributed by atoms with van der Waals surface area (Å²) in [5.41, 5.74) is 11.6. The van der Waals surface area contributed by atoms with Gasteiger partial charge in [0.2, 0.25) is 0 Å². The lowest BCUT2D eigenvalue weighted by Gasteiger charge is -2.41. The molecule has 0 spiro atoms. The summed E-state index contributed by atoms with van der Waals surface area (Å²) in [5.74, 6) is -1.82. The number of hydrogen-bond donors (Lipinski definition) is 4. The first-order valence-corrected chi connectivity index (χ1v) is 12.2. The number of β-lactam (4-membered cyclic amide) rings is 1. The molecule has 3 rings (SSSR count). The molecule has 188 valence electrons. The molecule has 1 aromatic carbocycles. The summed E-state index contributed by atoms with van der Waals surface area (Å²) in [6, 6.07) is 5.74. The molecule has 1 aliphatic rings. The van der Waals surface area contributed by atoms with Crippen molar-refractivity contribution >= 4 is 50.1 Å². The number of amides is 1. The largest absolute Gasteiger partial charge is 0.490 e. The Balaban J connectivity index is 1.60. The Morgan fingerprint density at radius 3 is 2.54 bits per heavy atom. The lowest BCUT2D eigenvalue weighted by molar-refractivity contribution is -0.204. The summed E-state index contributed by atoms with van der Waals surface area (Å²) in [7, 11) is -4.88. The Labute approximate surface area is 203 Å². The van der Waals surface area contributed by atoms with Gasteiger partial charge in [0.1, 0.15) is 23.9 Å². The summed E-state index contributed by atoms with van der Waals surface area (Å²) in [4.78, 5) is 34.3. The summed E-state index contributed by atoms with van der Waals surface area (Å²) >= 11 is 1.08. The van der Waals surface area contributed by atoms with Gasteiger partial charge in [0, 0.05) is 17.4 Å². The number of anilines is 1. The van der Waals surface area contributed by atoms with E-state index in [1.165, 1.54) is 12.3 Å². The Hall–Kier alpha value is -3.60. The van der Waals surface area contributed by atoms with Crippen LogP contribution in [-0.2, 0) is 29.1 Å². The second-order valence-corrected chi connectivity index (χ2v) is 9.17. The molecule has 0 bridgehead atoms. The van der Waals surface area contributed by atoms with Gasteiger partial charge in [0.15, 0.2) is 23.2 Å². The van der Waals surface area contributed by atoms with Crippen molar-refractivity contribution in [3.8, 4) is 5.75 Å². The van der Waals surface area contributed by atoms with E-state index < -0.39 is 34.0 Å². The van der Waals surface area contributed by atoms with Crippen LogP contribution in [0.1, 0.15) is 24.6 Å². The number of benzene rings is 1. The number of oxime groups is 1. The van der Waals surface area contributed by atoms with E-state index in [1.807, 2.05) is 0 Å². The van der Waals surface area contributed by atoms with Gasteiger partial charge in [-0.05, 0) is 31.2 Å². The van der Waals surface area contributed by atoms with Crippen molar-refractivity contribution in [2.45, 2.75) is 19.4 Å². The van der Waals surface area contributed by atoms with Crippen LogP contribution < -0.4 is 16.2 Å². The molecule has 6 N–H and O–H groups in total. The van der Waals surface area contributed by atoms with Gasteiger partial charge >= 0.3 is 10.4 Å². The number of carbonyl (C=O) groups is 2. The molecule has 0 saturated carbocycles. The topological polar surface area (TPSA) is 221 Å². The molecule has 16 heteroatoms. The quantitative estimate of drug-likeness (QED) is 0.0737. The molecule has 35 heavy (non-hydrogen) atoms. The number of nitrogens with one attached hydrogen (secondary N) is 1. The van der Waals surface area contributed by atoms with E-state index in [-0.39, 0.29) is 42.0 Å². The third-order valence-corrected chi connectivity index (χ3v) is 5.88. The third kappa shape index (κ3) is 6.72. The fraction of sp³-hybridized carbons (Fsp3) is 0.316. The molecule has 1 fully saturated rings. The van der Waals surface area contributed by atoms with Crippen molar-refractivity contribution in [3.63, 3.8) is 0 Å². The Morgan fingerprint density at radius 1 is 1.31 bits per heavy atom. The molecule has 14 nitrogen and oxygen atoms in total. The van der Waals surface area contributed by atoms with E-state index in [2.05, 4.69) is 14.4 Å². The first-order chi connectivity index (χ1) is 16.5. The predicted octanol–water partition coefficient (Wildman–Crippen LogP) is 0.350. The maximum atomic E-state index is 12.9. The van der Waals surface area contributed by atoms with E-state index in [4.69, 9.17) is 31.0 Å². The summed E-state index contributed by atoms with van der Waals surface area (Å²) in [6.45, 7) is 1.52. The smallest absolute Gasteiger partial charge is 0.418 e. The van der Waals surface area contributed by atoms with Gasteiger partial charge in [-0.1, -0.05) is 5.16 Å². The lowest BCUT2D eigenvalue weighted by atomic mass is 9.85. The molecule has 2 aromatic rings. The van der Waals surface area contributed by atoms with Crippen LogP contribution in [0, 0.1) is 11.3 Å². The number of rotatable bonds is 12. The molecule has 0 radical (unpaired) electrons. The Bertz CT molecular complexity index is 1240. The summed E-state index contributed by atoms with van der Waals surface area (Å²) in [5, 5.41) is 13.4. The van der Waals surface area contributed by atoms with Crippen LogP contribution in [0.2, 0.25) is 0 Å². The summed E-state index contributed by atoms with van der Waals surface area (Å²) < 4.78 is 40.1. The zero-order valence-corrected chi connectivity index (χ0v) is 19.9. The maximum Gasteiger partial charge on any atom is 0.418 e. The highest BCUT2D eigenvalue weighted by molar-refractivity contribution is 7.80. The van der Waals surface area contributed by atoms with Crippen LogP contribution in [0.4, 0.5) is 5.13 Å². The fourth-order valence-corrected chi connectivity index (χ4v) is 4.05. The normalized spacial score (nSPS) is 18.2. The van der Waals surface area contributed by atoms with Gasteiger partial charge in [-0.15, -0.1) is 15.6 Å². The Kier molecular flexibility index (Phi) is 8.00. The molecular formula is C19H22N6O8S2. The highest BCUT2D eigenvalue weighted by Gasteiger charge is 2.49. The maximum absolute atomic E-state index is 12.9. The zero-order chi connectivity index (χ0) is 25.8. The minimum absolute atomic E-state index is 0.0282. The number of amidine groups is 1. The monoisotopic (exact) mass is 526 g/mol. The van der Waals surface area contributed by atoms with Crippen molar-refractivity contribution in [3.05, 3.63) is 40.9 Å². The second-order valence-electron chi connectivity index (χ2n) is 7.27. The Morgan fingerprint density at radius 2 is 2.00 bits per heavy atom. The molecule has 2 heterocycles. The number of Topliss-reactive ketones (excluding diaryl/α,β-unsaturated/α-hetero) is 1. The minimum Gasteiger partial charge on any atom is -0.490 e. The van der Waals surface area contributed by atoms with Crippen molar-refractivity contribution in [1.29, 1.82) is 5.41 Å². The number of hydroxylamine groups is 2. The van der Waals surface area contributed by atoms with Crippen molar-refractivity contribution < 1.29 is 36.4 Å². The number of hydrogen-bond acceptors (Lipinski definition) is 12. The lowest BCUT2D eigenvalue weighted by Crippen LogP contribution is -2.60. The number of aromatic nitrogens is 1. The van der Waals surface area contributed by atoms with Crippen LogP contribution >= 0.6 is 11.3 Å². The van der Waals surface area contributed by atoms with Gasteiger partial charge in [-0.2, -0.15) is 13.5 Å². The van der Waals surface area contributed by atoms with Crippen LogP contribution in [-0.4, -0.2) is 65.5 Å². The van der Waals surface area contributed by atoms with Gasteiger partial charge in [-0.25, -0.2) is 4.98 Å². The molecule has 1 aromatic heterocycles. The SMILES string of the molecule is C[C@H]1[C@H](CC(=O)/C(=N\OCCOc2ccc(C(=N)N)cc2)c2csc(N)n2)C(=O)N1OS(=O)(=O)O. The van der Waals surface area contributed by atoms with Gasteiger partial charge in [0.25, 0.3) is 5.91 Å². The fourth-order valence-electron chi connectivity index (χ4n) is 3.09. The van der Waals surface area contributed by atoms with Crippen molar-refractivity contribution in [2.24, 2.45) is 16.8 Å². The molecule has 0 aliphatic carbocycles. The first kappa shape index (κ1) is 26.0. The molecule has 2 atom stereocenters. The van der Waals surface area contributed by atoms with E-state index in [1.54, 1.807) is 24.3 Å². The van der Waals surface area contributed by atoms with Gasteiger partial charge in [0.05, 0.1) is 12.0 Å². The average Bonchev–Trinajstić information content (AvgIpc) is 3.23. The zero-order valence-electron chi connectivity index (χ0n) is 18.3. The minimum atomic E-state index is -4.88. The average molecular weight is 527 g/mol. The van der Waals surface area contributed by atoms with Gasteiger partial charge < -0.3 is 21.0 Å². The highest BCUT2D eigenvalue weighted by atomic mass is 32.3. The molecule has 1 saturated heterocycles. The second kappa shape index (κ2) is 10.8. The standard InChI is InChI=1S/C19H22N6O8S2/c1-10-13(18(27)25(10)33-35(28,29)30)8-15(26)16(14-9-34-19(22)23-14)24-32-7-6-31-12-4-2-11(3-5-12)17(20)21/h2-5,9-10,13H,6-8H2,1H3,(H3,20,21)(H2,22,23)(H,28,29,30)/b24-16-/t10-,13-/m0/s1. The number of nitrogens with zero attached hydrogens (tertiary/aromatic N) is 3. The first-order valence-electron chi connectivity index (χ1n) is 9.98. The molecule has 0 unspecified atom stereocenters. The van der Waals surface area contributed by atoms with E-state index in [0.29, 0.717) is 16.4 Å². The number of ether oxygens (including phenoxy) is 1.